The Morgan fingerprint density at radius 2 is 1.97 bits per heavy atom. The lowest BCUT2D eigenvalue weighted by molar-refractivity contribution is -0.119. The van der Waals surface area contributed by atoms with Crippen molar-refractivity contribution >= 4 is 28.9 Å². The van der Waals surface area contributed by atoms with Crippen molar-refractivity contribution in [3.05, 3.63) is 66.0 Å². The van der Waals surface area contributed by atoms with Crippen molar-refractivity contribution in [1.82, 2.24) is 24.9 Å². The SMILES string of the molecule is CC(=O)NCc1ccc(-c2cccc(Nc3cc(NC4CCOCC4)nn4c(C#N)cnc34)n2)cc1. The van der Waals surface area contributed by atoms with Gasteiger partial charge in [0.1, 0.15) is 17.7 Å². The Kier molecular flexibility index (Phi) is 6.73. The van der Waals surface area contributed by atoms with Crippen LogP contribution in [0.25, 0.3) is 16.9 Å². The van der Waals surface area contributed by atoms with Gasteiger partial charge in [-0.05, 0) is 30.5 Å². The number of ether oxygens (including phenoxy) is 1. The molecular formula is C26H26N8O2. The summed E-state index contributed by atoms with van der Waals surface area (Å²) in [7, 11) is 0. The van der Waals surface area contributed by atoms with Crippen LogP contribution in [0, 0.1) is 11.3 Å². The molecule has 1 amide bonds. The maximum atomic E-state index is 11.2. The van der Waals surface area contributed by atoms with Gasteiger partial charge in [-0.25, -0.2) is 9.97 Å². The number of fused-ring (bicyclic) bond motifs is 1. The lowest BCUT2D eigenvalue weighted by Gasteiger charge is -2.23. The highest BCUT2D eigenvalue weighted by Gasteiger charge is 2.17. The Balaban J connectivity index is 1.41. The average molecular weight is 483 g/mol. The minimum atomic E-state index is -0.0600. The molecule has 0 unspecified atom stereocenters. The first kappa shape index (κ1) is 23.3. The zero-order valence-electron chi connectivity index (χ0n) is 19.9. The predicted octanol–water partition coefficient (Wildman–Crippen LogP) is 3.63. The number of hydrogen-bond acceptors (Lipinski definition) is 8. The molecule has 0 saturated carbocycles. The summed E-state index contributed by atoms with van der Waals surface area (Å²) in [6.45, 7) is 3.42. The van der Waals surface area contributed by atoms with E-state index in [1.165, 1.54) is 13.1 Å². The zero-order chi connectivity index (χ0) is 24.9. The molecule has 10 heteroatoms. The fourth-order valence-corrected chi connectivity index (χ4v) is 4.08. The number of rotatable bonds is 7. The van der Waals surface area contributed by atoms with Gasteiger partial charge in [0.2, 0.25) is 5.91 Å². The van der Waals surface area contributed by atoms with Gasteiger partial charge < -0.3 is 20.7 Å². The van der Waals surface area contributed by atoms with Gasteiger partial charge in [0.25, 0.3) is 0 Å². The van der Waals surface area contributed by atoms with E-state index in [0.29, 0.717) is 48.4 Å². The number of pyridine rings is 1. The van der Waals surface area contributed by atoms with Crippen molar-refractivity contribution in [2.24, 2.45) is 0 Å². The molecule has 36 heavy (non-hydrogen) atoms. The third-order valence-corrected chi connectivity index (χ3v) is 5.96. The molecule has 0 bridgehead atoms. The Hall–Kier alpha value is -4.49. The Bertz CT molecular complexity index is 1420. The fraction of sp³-hybridized carbons (Fsp3) is 0.269. The second-order valence-corrected chi connectivity index (χ2v) is 8.60. The minimum absolute atomic E-state index is 0.0600. The molecule has 1 saturated heterocycles. The van der Waals surface area contributed by atoms with Crippen LogP contribution < -0.4 is 16.0 Å². The summed E-state index contributed by atoms with van der Waals surface area (Å²) in [4.78, 5) is 20.3. The molecule has 0 spiro atoms. The molecule has 182 valence electrons. The predicted molar refractivity (Wildman–Crippen MR) is 136 cm³/mol. The number of nitrogens with zero attached hydrogens (tertiary/aromatic N) is 5. The average Bonchev–Trinajstić information content (AvgIpc) is 3.32. The molecule has 1 aliphatic heterocycles. The molecule has 5 rings (SSSR count). The topological polar surface area (TPSA) is 129 Å². The highest BCUT2D eigenvalue weighted by Crippen LogP contribution is 2.26. The molecule has 1 aliphatic rings. The summed E-state index contributed by atoms with van der Waals surface area (Å²) in [5, 5.41) is 23.7. The number of aromatic nitrogens is 4. The standard InChI is InChI=1S/C26H26N8O2/c1-17(35)28-15-18-5-7-19(8-6-18)22-3-2-4-24(31-22)32-23-13-25(30-20-9-11-36-12-10-20)33-34-21(14-27)16-29-26(23)34/h2-8,13,16,20H,9-12,15H2,1H3,(H,28,35)(H,30,33)(H,31,32). The lowest BCUT2D eigenvalue weighted by atomic mass is 10.1. The molecule has 10 nitrogen and oxygen atoms in total. The third kappa shape index (κ3) is 5.26. The molecule has 0 radical (unpaired) electrons. The summed E-state index contributed by atoms with van der Waals surface area (Å²) in [6, 6.07) is 18.0. The first-order valence-electron chi connectivity index (χ1n) is 11.8. The number of carbonyl (C=O) groups is 1. The van der Waals surface area contributed by atoms with Crippen LogP contribution in [0.5, 0.6) is 0 Å². The molecule has 4 aromatic rings. The molecule has 0 atom stereocenters. The molecule has 0 aliphatic carbocycles. The summed E-state index contributed by atoms with van der Waals surface area (Å²) in [5.41, 5.74) is 4.36. The summed E-state index contributed by atoms with van der Waals surface area (Å²) in [5.74, 6) is 1.23. The maximum Gasteiger partial charge on any atom is 0.217 e. The van der Waals surface area contributed by atoms with Gasteiger partial charge in [-0.1, -0.05) is 30.3 Å². The molecule has 1 fully saturated rings. The number of imidazole rings is 1. The van der Waals surface area contributed by atoms with Crippen molar-refractivity contribution in [3.8, 4) is 17.3 Å². The molecular weight excluding hydrogens is 456 g/mol. The third-order valence-electron chi connectivity index (χ3n) is 5.96. The quantitative estimate of drug-likeness (QED) is 0.364. The van der Waals surface area contributed by atoms with Gasteiger partial charge in [0, 0.05) is 44.4 Å². The first-order chi connectivity index (χ1) is 17.6. The summed E-state index contributed by atoms with van der Waals surface area (Å²) >= 11 is 0. The number of nitrogens with one attached hydrogen (secondary N) is 3. The van der Waals surface area contributed by atoms with Crippen molar-refractivity contribution in [2.75, 3.05) is 23.8 Å². The van der Waals surface area contributed by atoms with E-state index in [9.17, 15) is 10.1 Å². The zero-order valence-corrected chi connectivity index (χ0v) is 19.9. The van der Waals surface area contributed by atoms with Gasteiger partial charge >= 0.3 is 0 Å². The highest BCUT2D eigenvalue weighted by atomic mass is 16.5. The Morgan fingerprint density at radius 1 is 1.17 bits per heavy atom. The number of anilines is 3. The van der Waals surface area contributed by atoms with Crippen LogP contribution in [0.15, 0.2) is 54.7 Å². The maximum absolute atomic E-state index is 11.2. The van der Waals surface area contributed by atoms with E-state index in [4.69, 9.17) is 9.72 Å². The van der Waals surface area contributed by atoms with Crippen molar-refractivity contribution in [3.63, 3.8) is 0 Å². The molecule has 3 aromatic heterocycles. The van der Waals surface area contributed by atoms with Gasteiger partial charge in [-0.3, -0.25) is 4.79 Å². The summed E-state index contributed by atoms with van der Waals surface area (Å²) in [6.07, 6.45) is 3.30. The van der Waals surface area contributed by atoms with E-state index in [1.54, 1.807) is 4.52 Å². The van der Waals surface area contributed by atoms with Crippen LogP contribution >= 0.6 is 0 Å². The van der Waals surface area contributed by atoms with Crippen LogP contribution in [0.1, 0.15) is 31.0 Å². The van der Waals surface area contributed by atoms with Crippen LogP contribution in [-0.4, -0.2) is 44.7 Å². The highest BCUT2D eigenvalue weighted by molar-refractivity contribution is 5.76. The van der Waals surface area contributed by atoms with E-state index < -0.39 is 0 Å². The Labute approximate surface area is 208 Å². The van der Waals surface area contributed by atoms with E-state index in [1.807, 2.05) is 48.5 Å². The molecule has 1 aromatic carbocycles. The second kappa shape index (κ2) is 10.4. The lowest BCUT2D eigenvalue weighted by Crippen LogP contribution is -2.28. The van der Waals surface area contributed by atoms with E-state index in [2.05, 4.69) is 32.1 Å². The number of hydrogen-bond donors (Lipinski definition) is 3. The normalized spacial score (nSPS) is 13.8. The Morgan fingerprint density at radius 3 is 2.72 bits per heavy atom. The fourth-order valence-electron chi connectivity index (χ4n) is 4.08. The van der Waals surface area contributed by atoms with Crippen LogP contribution in [0.2, 0.25) is 0 Å². The summed E-state index contributed by atoms with van der Waals surface area (Å²) < 4.78 is 7.00. The van der Waals surface area contributed by atoms with E-state index in [0.717, 1.165) is 29.7 Å². The second-order valence-electron chi connectivity index (χ2n) is 8.60. The van der Waals surface area contributed by atoms with Crippen LogP contribution in [0.4, 0.5) is 17.3 Å². The number of benzene rings is 1. The number of carbonyl (C=O) groups excluding carboxylic acids is 1. The molecule has 4 heterocycles. The number of nitriles is 1. The van der Waals surface area contributed by atoms with Crippen molar-refractivity contribution in [1.29, 1.82) is 5.26 Å². The number of amides is 1. The van der Waals surface area contributed by atoms with Crippen LogP contribution in [-0.2, 0) is 16.1 Å². The smallest absolute Gasteiger partial charge is 0.217 e. The van der Waals surface area contributed by atoms with Crippen LogP contribution in [0.3, 0.4) is 0 Å². The van der Waals surface area contributed by atoms with Crippen molar-refractivity contribution < 1.29 is 9.53 Å². The monoisotopic (exact) mass is 482 g/mol. The largest absolute Gasteiger partial charge is 0.381 e. The van der Waals surface area contributed by atoms with Gasteiger partial charge in [0.15, 0.2) is 11.3 Å². The van der Waals surface area contributed by atoms with E-state index in [-0.39, 0.29) is 11.9 Å². The van der Waals surface area contributed by atoms with Gasteiger partial charge in [-0.15, -0.1) is 5.10 Å². The minimum Gasteiger partial charge on any atom is -0.381 e. The first-order valence-corrected chi connectivity index (χ1v) is 11.8. The molecule has 3 N–H and O–H groups in total. The van der Waals surface area contributed by atoms with Gasteiger partial charge in [-0.2, -0.15) is 9.78 Å². The van der Waals surface area contributed by atoms with E-state index >= 15 is 0 Å². The van der Waals surface area contributed by atoms with Gasteiger partial charge in [0.05, 0.1) is 17.6 Å². The van der Waals surface area contributed by atoms with Crippen molar-refractivity contribution in [2.45, 2.75) is 32.4 Å².